The molecule has 0 saturated heterocycles. The van der Waals surface area contributed by atoms with Crippen LogP contribution in [0.2, 0.25) is 0 Å². The van der Waals surface area contributed by atoms with Crippen molar-refractivity contribution >= 4 is 0 Å². The summed E-state index contributed by atoms with van der Waals surface area (Å²) in [5, 5.41) is 0. The van der Waals surface area contributed by atoms with Gasteiger partial charge in [0.2, 0.25) is 0 Å². The van der Waals surface area contributed by atoms with Gasteiger partial charge in [0.05, 0.1) is 0 Å². The smallest absolute Gasteiger partial charge is 0 e. The summed E-state index contributed by atoms with van der Waals surface area (Å²) in [5.74, 6) is 0. The summed E-state index contributed by atoms with van der Waals surface area (Å²) in [6.07, 6.45) is 2.17. The van der Waals surface area contributed by atoms with E-state index in [-0.39, 0.29) is 16.5 Å². The van der Waals surface area contributed by atoms with Crippen molar-refractivity contribution in [2.45, 2.75) is 0 Å². The second kappa shape index (κ2) is 5.52. The molecule has 0 aliphatic rings. The Morgan fingerprint density at radius 1 is 0.571 bits per heavy atom. The van der Waals surface area contributed by atoms with Crippen molar-refractivity contribution in [1.82, 2.24) is 0 Å². The van der Waals surface area contributed by atoms with E-state index in [2.05, 4.69) is 55.0 Å². The third kappa shape index (κ3) is 2.94. The second-order valence-corrected chi connectivity index (χ2v) is 2.97. The third-order valence-electron chi connectivity index (χ3n) is 1.93. The Morgan fingerprint density at radius 2 is 0.929 bits per heavy atom. The van der Waals surface area contributed by atoms with E-state index in [0.717, 1.165) is 0 Å². The summed E-state index contributed by atoms with van der Waals surface area (Å²) < 4.78 is 0. The van der Waals surface area contributed by atoms with Gasteiger partial charge in [-0.15, -0.1) is 41.8 Å². The van der Waals surface area contributed by atoms with Gasteiger partial charge in [-0.3, -0.25) is 0 Å². The summed E-state index contributed by atoms with van der Waals surface area (Å²) in [5.41, 5.74) is 2.49. The number of hydrogen-bond acceptors (Lipinski definition) is 0. The van der Waals surface area contributed by atoms with E-state index in [0.29, 0.717) is 0 Å². The van der Waals surface area contributed by atoms with Crippen LogP contribution in [-0.2, 0) is 16.5 Å². The summed E-state index contributed by atoms with van der Waals surface area (Å²) in [4.78, 5) is 0. The molecule has 0 amide bonds. The first-order valence-electron chi connectivity index (χ1n) is 4.40. The van der Waals surface area contributed by atoms with E-state index in [1.807, 2.05) is 12.1 Å². The number of hydrogen-bond donors (Lipinski definition) is 0. The van der Waals surface area contributed by atoms with E-state index >= 15 is 0 Å². The Balaban J connectivity index is 0.000000980. The van der Waals surface area contributed by atoms with Crippen molar-refractivity contribution in [2.75, 3.05) is 0 Å². The normalized spacial score (nSPS) is 8.86. The third-order valence-corrected chi connectivity index (χ3v) is 1.93. The Kier molecular flexibility index (Phi) is 4.29. The molecular weight excluding hydrogens is 215 g/mol. The van der Waals surface area contributed by atoms with Crippen molar-refractivity contribution in [2.24, 2.45) is 0 Å². The zero-order valence-corrected chi connectivity index (χ0v) is 8.65. The molecule has 0 unspecified atom stereocenters. The molecule has 74 valence electrons. The van der Waals surface area contributed by atoms with Gasteiger partial charge in [0.15, 0.2) is 0 Å². The van der Waals surface area contributed by atoms with E-state index in [1.54, 1.807) is 0 Å². The maximum Gasteiger partial charge on any atom is 0 e. The minimum atomic E-state index is 0. The van der Waals surface area contributed by atoms with Gasteiger partial charge in [-0.05, 0) is 0 Å². The molecule has 2 rings (SSSR count). The quantitative estimate of drug-likeness (QED) is 0.544. The Labute approximate surface area is 94.9 Å². The fourth-order valence-corrected chi connectivity index (χ4v) is 1.29. The SMILES string of the molecule is [Ni].c1ccc([CH-]c2ccccc2)cc1. The van der Waals surface area contributed by atoms with Crippen molar-refractivity contribution < 1.29 is 16.5 Å². The first kappa shape index (κ1) is 10.9. The van der Waals surface area contributed by atoms with Crippen LogP contribution < -0.4 is 0 Å². The molecule has 0 bridgehead atoms. The number of rotatable bonds is 2. The molecule has 0 radical (unpaired) electrons. The molecule has 0 aromatic heterocycles. The van der Waals surface area contributed by atoms with Gasteiger partial charge in [0.25, 0.3) is 0 Å². The zero-order valence-electron chi connectivity index (χ0n) is 7.67. The first-order valence-corrected chi connectivity index (χ1v) is 4.40. The maximum absolute atomic E-state index is 2.17. The fraction of sp³-hybridized carbons (Fsp3) is 0. The average Bonchev–Trinajstić information content (AvgIpc) is 2.21. The second-order valence-electron chi connectivity index (χ2n) is 2.97. The maximum atomic E-state index is 2.17. The van der Waals surface area contributed by atoms with Gasteiger partial charge in [-0.1, -0.05) is 36.4 Å². The monoisotopic (exact) mass is 225 g/mol. The molecule has 0 heterocycles. The topological polar surface area (TPSA) is 0 Å². The van der Waals surface area contributed by atoms with Crippen LogP contribution in [0, 0.1) is 6.42 Å². The average molecular weight is 226 g/mol. The summed E-state index contributed by atoms with van der Waals surface area (Å²) in [6, 6.07) is 20.7. The van der Waals surface area contributed by atoms with E-state index in [4.69, 9.17) is 0 Å². The van der Waals surface area contributed by atoms with Crippen LogP contribution in [0.3, 0.4) is 0 Å². The zero-order chi connectivity index (χ0) is 8.93. The van der Waals surface area contributed by atoms with Crippen LogP contribution in [0.25, 0.3) is 0 Å². The van der Waals surface area contributed by atoms with Crippen LogP contribution in [0.5, 0.6) is 0 Å². The number of benzene rings is 2. The predicted molar refractivity (Wildman–Crippen MR) is 55.4 cm³/mol. The molecule has 0 aliphatic carbocycles. The molecule has 0 fully saturated rings. The molecule has 1 heteroatoms. The van der Waals surface area contributed by atoms with Gasteiger partial charge in [0, 0.05) is 16.5 Å². The van der Waals surface area contributed by atoms with Gasteiger partial charge in [0.1, 0.15) is 0 Å². The molecule has 2 aromatic carbocycles. The molecule has 2 aromatic rings. The van der Waals surface area contributed by atoms with Crippen LogP contribution in [0.4, 0.5) is 0 Å². The first-order chi connectivity index (χ1) is 6.45. The predicted octanol–water partition coefficient (Wildman–Crippen LogP) is 3.28. The molecule has 0 N–H and O–H groups in total. The van der Waals surface area contributed by atoms with E-state index < -0.39 is 0 Å². The van der Waals surface area contributed by atoms with Crippen LogP contribution in [0.15, 0.2) is 60.7 Å². The fourth-order valence-electron chi connectivity index (χ4n) is 1.29. The summed E-state index contributed by atoms with van der Waals surface area (Å²) in [7, 11) is 0. The van der Waals surface area contributed by atoms with Crippen LogP contribution in [0.1, 0.15) is 11.1 Å². The van der Waals surface area contributed by atoms with E-state index in [9.17, 15) is 0 Å². The molecule has 0 nitrogen and oxygen atoms in total. The Bertz CT molecular complexity index is 316. The van der Waals surface area contributed by atoms with Crippen LogP contribution >= 0.6 is 0 Å². The van der Waals surface area contributed by atoms with E-state index in [1.165, 1.54) is 11.1 Å². The summed E-state index contributed by atoms with van der Waals surface area (Å²) >= 11 is 0. The molecular formula is C13H11Ni-. The molecule has 0 atom stereocenters. The van der Waals surface area contributed by atoms with Gasteiger partial charge in [-0.25, -0.2) is 0 Å². The van der Waals surface area contributed by atoms with Crippen molar-refractivity contribution in [3.05, 3.63) is 78.2 Å². The minimum Gasteiger partial charge on any atom is -0.126 e. The molecule has 14 heavy (non-hydrogen) atoms. The Morgan fingerprint density at radius 3 is 1.29 bits per heavy atom. The molecule has 0 spiro atoms. The summed E-state index contributed by atoms with van der Waals surface area (Å²) in [6.45, 7) is 0. The standard InChI is InChI=1S/C13H11.Ni/c1-3-7-12(8-4-1)11-13-9-5-2-6-10-13;/h1-11H;/q-1;. The molecule has 0 aliphatic heterocycles. The minimum absolute atomic E-state index is 0. The van der Waals surface area contributed by atoms with Crippen molar-refractivity contribution in [3.8, 4) is 0 Å². The van der Waals surface area contributed by atoms with Gasteiger partial charge < -0.3 is 0 Å². The van der Waals surface area contributed by atoms with Crippen molar-refractivity contribution in [3.63, 3.8) is 0 Å². The van der Waals surface area contributed by atoms with Crippen LogP contribution in [-0.4, -0.2) is 0 Å². The Hall–Kier alpha value is -1.20. The largest absolute Gasteiger partial charge is 0.126 e. The van der Waals surface area contributed by atoms with Crippen molar-refractivity contribution in [1.29, 1.82) is 0 Å². The van der Waals surface area contributed by atoms with Gasteiger partial charge in [-0.2, -0.15) is 0 Å². The molecule has 0 saturated carbocycles. The van der Waals surface area contributed by atoms with Gasteiger partial charge >= 0.3 is 0 Å².